The highest BCUT2D eigenvalue weighted by atomic mass is 19.1. The van der Waals surface area contributed by atoms with E-state index in [4.69, 9.17) is 5.73 Å². The molecule has 6 heteroatoms. The molecule has 4 atom stereocenters. The minimum Gasteiger partial charge on any atom is -0.387 e. The molecule has 27 heavy (non-hydrogen) atoms. The second-order valence-corrected chi connectivity index (χ2v) is 7.46. The van der Waals surface area contributed by atoms with Gasteiger partial charge in [-0.2, -0.15) is 0 Å². The first-order chi connectivity index (χ1) is 12.8. The van der Waals surface area contributed by atoms with Crippen LogP contribution in [0.15, 0.2) is 12.2 Å². The minimum absolute atomic E-state index is 0.0830. The van der Waals surface area contributed by atoms with Gasteiger partial charge in [-0.1, -0.05) is 56.6 Å². The second-order valence-electron chi connectivity index (χ2n) is 7.46. The number of hydrogen-bond donors (Lipinski definition) is 4. The predicted molar refractivity (Wildman–Crippen MR) is 103 cm³/mol. The van der Waals surface area contributed by atoms with Crippen LogP contribution in [0.5, 0.6) is 0 Å². The number of allylic oxidation sites excluding steroid dienone is 1. The van der Waals surface area contributed by atoms with Crippen LogP contribution in [0.1, 0.15) is 71.1 Å². The van der Waals surface area contributed by atoms with E-state index in [1.54, 1.807) is 6.08 Å². The molecule has 1 fully saturated rings. The first kappa shape index (κ1) is 23.6. The van der Waals surface area contributed by atoms with Crippen LogP contribution in [0.3, 0.4) is 0 Å². The molecule has 1 saturated carbocycles. The number of carbonyl (C=O) groups is 1. The summed E-state index contributed by atoms with van der Waals surface area (Å²) in [6.45, 7) is 2.10. The molecule has 1 rings (SSSR count). The molecule has 5 N–H and O–H groups in total. The molecule has 0 aromatic rings. The van der Waals surface area contributed by atoms with Gasteiger partial charge < -0.3 is 21.1 Å². The molecule has 0 bridgehead atoms. The van der Waals surface area contributed by atoms with E-state index in [-0.39, 0.29) is 12.3 Å². The summed E-state index contributed by atoms with van der Waals surface area (Å²) in [5.74, 6) is 2.58. The first-order valence-corrected chi connectivity index (χ1v) is 9.99. The van der Waals surface area contributed by atoms with E-state index in [0.717, 1.165) is 44.9 Å². The number of amides is 1. The Labute approximate surface area is 161 Å². The summed E-state index contributed by atoms with van der Waals surface area (Å²) in [5, 5.41) is 28.4. The lowest BCUT2D eigenvalue weighted by atomic mass is 9.92. The number of halogens is 1. The Hall–Kier alpha value is -1.42. The highest BCUT2D eigenvalue weighted by molar-refractivity contribution is 5.81. The molecule has 5 nitrogen and oxygen atoms in total. The average Bonchev–Trinajstić information content (AvgIpc) is 3.06. The van der Waals surface area contributed by atoms with Crippen molar-refractivity contribution in [2.45, 2.75) is 89.2 Å². The Morgan fingerprint density at radius 2 is 2.07 bits per heavy atom. The van der Waals surface area contributed by atoms with Crippen molar-refractivity contribution in [1.82, 2.24) is 0 Å². The standard InChI is InChI=1S/C21H34FNO4/c1-2-3-4-13-18(22)14-8-12-17-11-7-10-16(17)9-5-6-15-19(24)21(26,27)20(23)25/h5-6,16-19,24,26-27H,2-4,7,9-11,13-15H2,1H3,(H2,23,25)/t16-,17-,18+,19-/m1/s1. The topological polar surface area (TPSA) is 104 Å². The quantitative estimate of drug-likeness (QED) is 0.190. The maximum Gasteiger partial charge on any atom is 0.280 e. The van der Waals surface area contributed by atoms with Gasteiger partial charge in [-0.05, 0) is 38.0 Å². The van der Waals surface area contributed by atoms with E-state index in [1.807, 2.05) is 6.08 Å². The predicted octanol–water partition coefficient (Wildman–Crippen LogP) is 2.58. The molecule has 0 aliphatic heterocycles. The van der Waals surface area contributed by atoms with Gasteiger partial charge in [-0.3, -0.25) is 4.79 Å². The molecule has 1 aliphatic carbocycles. The molecule has 154 valence electrons. The molecule has 0 aromatic carbocycles. The summed E-state index contributed by atoms with van der Waals surface area (Å²) < 4.78 is 13.8. The van der Waals surface area contributed by atoms with Crippen molar-refractivity contribution in [3.05, 3.63) is 12.2 Å². The third-order valence-corrected chi connectivity index (χ3v) is 5.18. The molecule has 1 aliphatic rings. The summed E-state index contributed by atoms with van der Waals surface area (Å²) in [6.07, 6.45) is 8.74. The van der Waals surface area contributed by atoms with E-state index in [2.05, 4.69) is 18.8 Å². The van der Waals surface area contributed by atoms with Crippen molar-refractivity contribution >= 4 is 5.91 Å². The highest BCUT2D eigenvalue weighted by Gasteiger charge is 2.38. The Morgan fingerprint density at radius 3 is 2.74 bits per heavy atom. The van der Waals surface area contributed by atoms with Gasteiger partial charge in [0.1, 0.15) is 12.3 Å². The molecular formula is C21H34FNO4. The number of hydrogen-bond acceptors (Lipinski definition) is 4. The van der Waals surface area contributed by atoms with Gasteiger partial charge in [0.25, 0.3) is 11.7 Å². The summed E-state index contributed by atoms with van der Waals surface area (Å²) in [7, 11) is 0. The molecular weight excluding hydrogens is 349 g/mol. The van der Waals surface area contributed by atoms with Gasteiger partial charge in [-0.25, -0.2) is 4.39 Å². The van der Waals surface area contributed by atoms with Crippen LogP contribution in [0.4, 0.5) is 4.39 Å². The largest absolute Gasteiger partial charge is 0.387 e. The highest BCUT2D eigenvalue weighted by Crippen LogP contribution is 2.34. The summed E-state index contributed by atoms with van der Waals surface area (Å²) in [6, 6.07) is 0. The number of rotatable bonds is 11. The van der Waals surface area contributed by atoms with Crippen molar-refractivity contribution in [3.8, 4) is 11.8 Å². The van der Waals surface area contributed by atoms with E-state index in [9.17, 15) is 24.5 Å². The lowest BCUT2D eigenvalue weighted by Gasteiger charge is -2.22. The Kier molecular flexibility index (Phi) is 10.6. The zero-order valence-corrected chi connectivity index (χ0v) is 16.2. The van der Waals surface area contributed by atoms with Crippen LogP contribution >= 0.6 is 0 Å². The third-order valence-electron chi connectivity index (χ3n) is 5.18. The lowest BCUT2D eigenvalue weighted by Crippen LogP contribution is -2.52. The molecule has 0 radical (unpaired) electrons. The zero-order chi connectivity index (χ0) is 20.3. The first-order valence-electron chi connectivity index (χ1n) is 9.99. The number of aliphatic hydroxyl groups is 3. The molecule has 0 unspecified atom stereocenters. The van der Waals surface area contributed by atoms with Gasteiger partial charge in [-0.15, -0.1) is 0 Å². The number of unbranched alkanes of at least 4 members (excludes halogenated alkanes) is 2. The van der Waals surface area contributed by atoms with Crippen molar-refractivity contribution in [2.75, 3.05) is 0 Å². The molecule has 0 spiro atoms. The number of aliphatic hydroxyl groups excluding tert-OH is 1. The van der Waals surface area contributed by atoms with Crippen LogP contribution in [0.2, 0.25) is 0 Å². The smallest absolute Gasteiger partial charge is 0.280 e. The van der Waals surface area contributed by atoms with Crippen molar-refractivity contribution < 1.29 is 24.5 Å². The maximum atomic E-state index is 13.8. The summed E-state index contributed by atoms with van der Waals surface area (Å²) >= 11 is 0. The van der Waals surface area contributed by atoms with Crippen LogP contribution in [0.25, 0.3) is 0 Å². The molecule has 1 amide bonds. The van der Waals surface area contributed by atoms with E-state index < -0.39 is 24.0 Å². The van der Waals surface area contributed by atoms with Crippen LogP contribution < -0.4 is 5.73 Å². The molecule has 0 aromatic heterocycles. The van der Waals surface area contributed by atoms with Gasteiger partial charge in [0.2, 0.25) is 0 Å². The Morgan fingerprint density at radius 1 is 1.33 bits per heavy atom. The molecule has 0 saturated heterocycles. The van der Waals surface area contributed by atoms with Crippen LogP contribution in [0, 0.1) is 23.7 Å². The van der Waals surface area contributed by atoms with Gasteiger partial charge in [0.15, 0.2) is 0 Å². The fraction of sp³-hybridized carbons (Fsp3) is 0.762. The van der Waals surface area contributed by atoms with Crippen molar-refractivity contribution in [3.63, 3.8) is 0 Å². The van der Waals surface area contributed by atoms with Crippen LogP contribution in [-0.4, -0.2) is 39.3 Å². The monoisotopic (exact) mass is 383 g/mol. The maximum absolute atomic E-state index is 13.8. The zero-order valence-electron chi connectivity index (χ0n) is 16.2. The number of alkyl halides is 1. The third kappa shape index (κ3) is 8.42. The summed E-state index contributed by atoms with van der Waals surface area (Å²) in [4.78, 5) is 10.9. The Bertz CT molecular complexity index is 538. The van der Waals surface area contributed by atoms with Crippen LogP contribution in [-0.2, 0) is 4.79 Å². The van der Waals surface area contributed by atoms with Gasteiger partial charge >= 0.3 is 0 Å². The SMILES string of the molecule is CCCCC[C@H](F)CC#C[C@H]1CCC[C@H]1CC=CC[C@@H](O)C(O)(O)C(N)=O. The average molecular weight is 384 g/mol. The van der Waals surface area contributed by atoms with E-state index >= 15 is 0 Å². The minimum atomic E-state index is -2.92. The van der Waals surface area contributed by atoms with Crippen molar-refractivity contribution in [1.29, 1.82) is 0 Å². The lowest BCUT2D eigenvalue weighted by molar-refractivity contribution is -0.217. The van der Waals surface area contributed by atoms with E-state index in [1.165, 1.54) is 0 Å². The van der Waals surface area contributed by atoms with Crippen molar-refractivity contribution in [2.24, 2.45) is 17.6 Å². The fourth-order valence-electron chi connectivity index (χ4n) is 3.35. The Balaban J connectivity index is 2.39. The number of carbonyl (C=O) groups excluding carboxylic acids is 1. The number of nitrogens with two attached hydrogens (primary N) is 1. The second kappa shape index (κ2) is 12.1. The number of primary amides is 1. The van der Waals surface area contributed by atoms with Gasteiger partial charge in [0.05, 0.1) is 0 Å². The van der Waals surface area contributed by atoms with E-state index in [0.29, 0.717) is 18.8 Å². The normalized spacial score (nSPS) is 22.4. The summed E-state index contributed by atoms with van der Waals surface area (Å²) in [5.41, 5.74) is 4.83. The fourth-order valence-corrected chi connectivity index (χ4v) is 3.35. The molecule has 0 heterocycles. The van der Waals surface area contributed by atoms with Gasteiger partial charge in [0, 0.05) is 12.3 Å².